The van der Waals surface area contributed by atoms with Crippen molar-refractivity contribution in [3.8, 4) is 0 Å². The van der Waals surface area contributed by atoms with Crippen molar-refractivity contribution < 1.29 is 14.7 Å². The second-order valence-electron chi connectivity index (χ2n) is 6.26. The van der Waals surface area contributed by atoms with E-state index in [2.05, 4.69) is 6.92 Å². The lowest BCUT2D eigenvalue weighted by atomic mass is 9.84. The van der Waals surface area contributed by atoms with Crippen LogP contribution in [0.1, 0.15) is 51.9 Å². The molecule has 4 nitrogen and oxygen atoms in total. The Morgan fingerprint density at radius 3 is 2.26 bits per heavy atom. The lowest BCUT2D eigenvalue weighted by Crippen LogP contribution is -2.46. The number of nitrogens with zero attached hydrogens (tertiary/aromatic N) is 1. The summed E-state index contributed by atoms with van der Waals surface area (Å²) in [5.74, 6) is -0.970. The molecule has 0 spiro atoms. The summed E-state index contributed by atoms with van der Waals surface area (Å²) >= 11 is 0. The van der Waals surface area contributed by atoms with E-state index in [1.54, 1.807) is 0 Å². The van der Waals surface area contributed by atoms with Gasteiger partial charge in [0, 0.05) is 13.1 Å². The van der Waals surface area contributed by atoms with Crippen molar-refractivity contribution >= 4 is 11.9 Å². The molecule has 0 radical (unpaired) electrons. The van der Waals surface area contributed by atoms with Crippen LogP contribution in [-0.2, 0) is 9.59 Å². The Morgan fingerprint density at radius 2 is 1.63 bits per heavy atom. The van der Waals surface area contributed by atoms with Crippen LogP contribution in [0.15, 0.2) is 0 Å². The number of carboxylic acid groups (broad SMARTS) is 1. The maximum Gasteiger partial charge on any atom is 0.307 e. The van der Waals surface area contributed by atoms with Gasteiger partial charge in [-0.2, -0.15) is 0 Å². The maximum atomic E-state index is 12.6. The average molecular weight is 267 g/mol. The number of carboxylic acids is 1. The van der Waals surface area contributed by atoms with Crippen molar-refractivity contribution in [1.82, 2.24) is 4.90 Å². The van der Waals surface area contributed by atoms with Crippen LogP contribution in [0.4, 0.5) is 0 Å². The predicted octanol–water partition coefficient (Wildman–Crippen LogP) is 2.52. The first-order valence-electron chi connectivity index (χ1n) is 7.52. The minimum Gasteiger partial charge on any atom is -0.481 e. The van der Waals surface area contributed by atoms with Crippen molar-refractivity contribution in [2.45, 2.75) is 57.9 Å². The molecule has 0 aromatic heterocycles. The monoisotopic (exact) mass is 267 g/mol. The summed E-state index contributed by atoms with van der Waals surface area (Å²) in [7, 11) is 1.87. The van der Waals surface area contributed by atoms with E-state index in [4.69, 9.17) is 0 Å². The Labute approximate surface area is 115 Å². The number of amides is 1. The van der Waals surface area contributed by atoms with Gasteiger partial charge in [-0.25, -0.2) is 0 Å². The first-order valence-corrected chi connectivity index (χ1v) is 7.52. The SMILES string of the molecule is CC1CCCCC1N(C)C(=O)C1CCCC1C(=O)O. The summed E-state index contributed by atoms with van der Waals surface area (Å²) in [4.78, 5) is 25.6. The van der Waals surface area contributed by atoms with E-state index in [9.17, 15) is 14.7 Å². The molecule has 1 amide bonds. The quantitative estimate of drug-likeness (QED) is 0.854. The molecule has 0 aromatic rings. The summed E-state index contributed by atoms with van der Waals surface area (Å²) in [5, 5.41) is 9.21. The van der Waals surface area contributed by atoms with Crippen molar-refractivity contribution in [2.75, 3.05) is 7.05 Å². The molecule has 0 bridgehead atoms. The van der Waals surface area contributed by atoms with Gasteiger partial charge in [-0.15, -0.1) is 0 Å². The van der Waals surface area contributed by atoms with E-state index in [-0.39, 0.29) is 11.8 Å². The molecule has 4 heteroatoms. The third kappa shape index (κ3) is 2.93. The number of aliphatic carboxylic acids is 1. The van der Waals surface area contributed by atoms with E-state index < -0.39 is 11.9 Å². The van der Waals surface area contributed by atoms with Crippen LogP contribution >= 0.6 is 0 Å². The van der Waals surface area contributed by atoms with Crippen molar-refractivity contribution in [3.63, 3.8) is 0 Å². The van der Waals surface area contributed by atoms with Crippen LogP contribution < -0.4 is 0 Å². The van der Waals surface area contributed by atoms with Crippen LogP contribution in [0, 0.1) is 17.8 Å². The number of rotatable bonds is 3. The van der Waals surface area contributed by atoms with Gasteiger partial charge in [0.05, 0.1) is 11.8 Å². The Kier molecular flexibility index (Phi) is 4.48. The molecule has 2 rings (SSSR count). The van der Waals surface area contributed by atoms with Crippen LogP contribution in [0.25, 0.3) is 0 Å². The van der Waals surface area contributed by atoms with Gasteiger partial charge in [-0.05, 0) is 31.6 Å². The van der Waals surface area contributed by atoms with Gasteiger partial charge in [0.2, 0.25) is 5.91 Å². The molecule has 0 aliphatic heterocycles. The van der Waals surface area contributed by atoms with E-state index in [1.807, 2.05) is 11.9 Å². The normalized spacial score (nSPS) is 35.1. The van der Waals surface area contributed by atoms with E-state index in [0.717, 1.165) is 19.3 Å². The number of hydrogen-bond donors (Lipinski definition) is 1. The summed E-state index contributed by atoms with van der Waals surface area (Å²) in [6.07, 6.45) is 6.92. The second kappa shape index (κ2) is 5.93. The molecule has 2 fully saturated rings. The number of carbonyl (C=O) groups excluding carboxylic acids is 1. The lowest BCUT2D eigenvalue weighted by molar-refractivity contribution is -0.150. The van der Waals surface area contributed by atoms with Gasteiger partial charge in [0.1, 0.15) is 0 Å². The van der Waals surface area contributed by atoms with Crippen molar-refractivity contribution in [2.24, 2.45) is 17.8 Å². The van der Waals surface area contributed by atoms with Crippen LogP contribution in [0.2, 0.25) is 0 Å². The van der Waals surface area contributed by atoms with E-state index in [0.29, 0.717) is 18.4 Å². The molecule has 4 atom stereocenters. The van der Waals surface area contributed by atoms with Gasteiger partial charge in [0.15, 0.2) is 0 Å². The maximum absolute atomic E-state index is 12.6. The topological polar surface area (TPSA) is 57.6 Å². The lowest BCUT2D eigenvalue weighted by Gasteiger charge is -2.38. The molecule has 0 heterocycles. The molecule has 19 heavy (non-hydrogen) atoms. The Balaban J connectivity index is 2.03. The van der Waals surface area contributed by atoms with E-state index in [1.165, 1.54) is 19.3 Å². The second-order valence-corrected chi connectivity index (χ2v) is 6.26. The molecule has 2 aliphatic carbocycles. The zero-order valence-electron chi connectivity index (χ0n) is 12.0. The minimum atomic E-state index is -0.805. The third-order valence-electron chi connectivity index (χ3n) is 5.06. The Bertz CT molecular complexity index is 355. The summed E-state index contributed by atoms with van der Waals surface area (Å²) in [5.41, 5.74) is 0. The molecule has 2 saturated carbocycles. The van der Waals surface area contributed by atoms with E-state index >= 15 is 0 Å². The first-order chi connectivity index (χ1) is 9.02. The first kappa shape index (κ1) is 14.4. The molecule has 2 aliphatic rings. The zero-order valence-corrected chi connectivity index (χ0v) is 12.0. The van der Waals surface area contributed by atoms with Gasteiger partial charge in [-0.3, -0.25) is 9.59 Å². The minimum absolute atomic E-state index is 0.0589. The fourth-order valence-electron chi connectivity index (χ4n) is 3.85. The Morgan fingerprint density at radius 1 is 1.00 bits per heavy atom. The van der Waals surface area contributed by atoms with Gasteiger partial charge < -0.3 is 10.0 Å². The van der Waals surface area contributed by atoms with Crippen molar-refractivity contribution in [1.29, 1.82) is 0 Å². The summed E-state index contributed by atoms with van der Waals surface area (Å²) < 4.78 is 0. The molecular weight excluding hydrogens is 242 g/mol. The highest BCUT2D eigenvalue weighted by molar-refractivity contribution is 5.85. The van der Waals surface area contributed by atoms with Gasteiger partial charge in [-0.1, -0.05) is 26.2 Å². The average Bonchev–Trinajstić information content (AvgIpc) is 2.87. The van der Waals surface area contributed by atoms with Crippen LogP contribution in [0.3, 0.4) is 0 Å². The fraction of sp³-hybridized carbons (Fsp3) is 0.867. The summed E-state index contributed by atoms with van der Waals surface area (Å²) in [6.45, 7) is 2.21. The summed E-state index contributed by atoms with van der Waals surface area (Å²) in [6, 6.07) is 0.302. The highest BCUT2D eigenvalue weighted by Crippen LogP contribution is 2.35. The van der Waals surface area contributed by atoms with Crippen molar-refractivity contribution in [3.05, 3.63) is 0 Å². The van der Waals surface area contributed by atoms with Gasteiger partial charge >= 0.3 is 5.97 Å². The Hall–Kier alpha value is -1.06. The van der Waals surface area contributed by atoms with Gasteiger partial charge in [0.25, 0.3) is 0 Å². The highest BCUT2D eigenvalue weighted by Gasteiger charge is 2.41. The van der Waals surface area contributed by atoms with Crippen LogP contribution in [-0.4, -0.2) is 35.0 Å². The standard InChI is InChI=1S/C15H25NO3/c1-10-6-3-4-9-13(10)16(2)14(17)11-7-5-8-12(11)15(18)19/h10-13H,3-9H2,1-2H3,(H,18,19). The third-order valence-corrected chi connectivity index (χ3v) is 5.06. The predicted molar refractivity (Wildman–Crippen MR) is 72.7 cm³/mol. The molecule has 1 N–H and O–H groups in total. The number of carbonyl (C=O) groups is 2. The highest BCUT2D eigenvalue weighted by atomic mass is 16.4. The fourth-order valence-corrected chi connectivity index (χ4v) is 3.85. The molecular formula is C15H25NO3. The molecule has 0 aromatic carbocycles. The molecule has 108 valence electrons. The molecule has 0 saturated heterocycles. The van der Waals surface area contributed by atoms with Crippen LogP contribution in [0.5, 0.6) is 0 Å². The largest absolute Gasteiger partial charge is 0.481 e. The number of hydrogen-bond acceptors (Lipinski definition) is 2. The smallest absolute Gasteiger partial charge is 0.307 e. The molecule has 4 unspecified atom stereocenters. The zero-order chi connectivity index (χ0) is 14.0.